The van der Waals surface area contributed by atoms with Gasteiger partial charge in [-0.15, -0.1) is 0 Å². The molecule has 0 aliphatic heterocycles. The molecule has 0 amide bonds. The third-order valence-electron chi connectivity index (χ3n) is 9.00. The Morgan fingerprint density at radius 3 is 0.887 bits per heavy atom. The van der Waals surface area contributed by atoms with Crippen molar-refractivity contribution in [3.63, 3.8) is 0 Å². The Hall–Kier alpha value is -6.14. The van der Waals surface area contributed by atoms with Crippen LogP contribution in [0, 0.1) is 27.7 Å². The molecule has 53 heavy (non-hydrogen) atoms. The zero-order chi connectivity index (χ0) is 38.0. The van der Waals surface area contributed by atoms with Crippen molar-refractivity contribution in [2.45, 2.75) is 60.3 Å². The minimum absolute atomic E-state index is 0.806. The van der Waals surface area contributed by atoms with Crippen LogP contribution >= 0.6 is 0 Å². The van der Waals surface area contributed by atoms with E-state index >= 15 is 0 Å². The number of benzene rings is 6. The summed E-state index contributed by atoms with van der Waals surface area (Å²) in [6.07, 6.45) is -0.806. The maximum Gasteiger partial charge on any atom is 0.314 e. The third kappa shape index (κ3) is 13.2. The van der Waals surface area contributed by atoms with E-state index < -0.39 is 18.4 Å². The number of aliphatic carboxylic acids is 2. The molecule has 2 N–H and O–H groups in total. The van der Waals surface area contributed by atoms with Crippen LogP contribution in [0.1, 0.15) is 50.9 Å². The van der Waals surface area contributed by atoms with Gasteiger partial charge in [0.2, 0.25) is 0 Å². The van der Waals surface area contributed by atoms with Gasteiger partial charge < -0.3 is 20.0 Å². The van der Waals surface area contributed by atoms with Crippen LogP contribution in [0.4, 0.5) is 11.4 Å². The summed E-state index contributed by atoms with van der Waals surface area (Å²) in [5, 5.41) is 15.4. The summed E-state index contributed by atoms with van der Waals surface area (Å²) >= 11 is 0. The summed E-state index contributed by atoms with van der Waals surface area (Å²) < 4.78 is 0. The van der Waals surface area contributed by atoms with Gasteiger partial charge in [-0.2, -0.15) is 0 Å². The van der Waals surface area contributed by atoms with E-state index in [1.807, 2.05) is 0 Å². The largest absolute Gasteiger partial charge is 0.481 e. The SMILES string of the molecule is Cc1cccc(N(Cc2ccccc2)Cc2ccccc2)c1C.Cc1cccc(N(Cc2ccccc2)Cc2ccccc2)c1C.O=C(O)CC(=O)O. The maximum atomic E-state index is 9.43. The van der Waals surface area contributed by atoms with E-state index in [0.717, 1.165) is 26.2 Å². The highest BCUT2D eigenvalue weighted by Gasteiger charge is 2.13. The molecule has 6 nitrogen and oxygen atoms in total. The van der Waals surface area contributed by atoms with Gasteiger partial charge in [-0.05, 0) is 84.3 Å². The van der Waals surface area contributed by atoms with E-state index in [9.17, 15) is 9.59 Å². The van der Waals surface area contributed by atoms with Gasteiger partial charge in [0.1, 0.15) is 6.42 Å². The lowest BCUT2D eigenvalue weighted by Crippen LogP contribution is -2.23. The highest BCUT2D eigenvalue weighted by atomic mass is 16.4. The summed E-state index contributed by atoms with van der Waals surface area (Å²) in [5.74, 6) is -2.62. The molecule has 0 bridgehead atoms. The van der Waals surface area contributed by atoms with E-state index in [1.54, 1.807) is 0 Å². The van der Waals surface area contributed by atoms with Gasteiger partial charge in [-0.1, -0.05) is 146 Å². The highest BCUT2D eigenvalue weighted by molar-refractivity contribution is 5.88. The van der Waals surface area contributed by atoms with Gasteiger partial charge in [0.25, 0.3) is 0 Å². The second kappa shape index (κ2) is 20.6. The summed E-state index contributed by atoms with van der Waals surface area (Å²) in [5.41, 5.74) is 13.4. The Morgan fingerprint density at radius 2 is 0.660 bits per heavy atom. The molecule has 6 heteroatoms. The van der Waals surface area contributed by atoms with Crippen molar-refractivity contribution < 1.29 is 19.8 Å². The Kier molecular flexibility index (Phi) is 15.4. The van der Waals surface area contributed by atoms with E-state index in [0.29, 0.717) is 0 Å². The van der Waals surface area contributed by atoms with E-state index in [4.69, 9.17) is 10.2 Å². The first-order valence-electron chi connectivity index (χ1n) is 17.8. The van der Waals surface area contributed by atoms with Crippen LogP contribution < -0.4 is 9.80 Å². The maximum absolute atomic E-state index is 9.43. The first-order chi connectivity index (χ1) is 25.6. The van der Waals surface area contributed by atoms with E-state index in [1.165, 1.54) is 55.9 Å². The minimum Gasteiger partial charge on any atom is -0.481 e. The molecule has 6 rings (SSSR count). The average Bonchev–Trinajstić information content (AvgIpc) is 3.15. The van der Waals surface area contributed by atoms with Crippen LogP contribution in [0.5, 0.6) is 0 Å². The quantitative estimate of drug-likeness (QED) is 0.123. The molecule has 0 saturated carbocycles. The molecule has 0 aliphatic rings. The standard InChI is InChI=1S/2C22H23N.C3H4O4/c2*1-18-10-9-15-22(19(18)2)23(16-20-11-5-3-6-12-20)17-21-13-7-4-8-14-21;4-2(5)1-3(6)7/h2*3-15H,16-17H2,1-2H3;1H2,(H,4,5)(H,6,7). The summed E-state index contributed by atoms with van der Waals surface area (Å²) in [7, 11) is 0. The second-order valence-electron chi connectivity index (χ2n) is 13.1. The fourth-order valence-corrected chi connectivity index (χ4v) is 5.95. The van der Waals surface area contributed by atoms with Crippen molar-refractivity contribution in [2.75, 3.05) is 9.80 Å². The first-order valence-corrected chi connectivity index (χ1v) is 17.8. The summed E-state index contributed by atoms with van der Waals surface area (Å²) in [6.45, 7) is 12.5. The molecule has 0 saturated heterocycles. The molecule has 272 valence electrons. The highest BCUT2D eigenvalue weighted by Crippen LogP contribution is 2.27. The molecule has 0 atom stereocenters. The van der Waals surface area contributed by atoms with Gasteiger partial charge in [0.05, 0.1) is 0 Å². The van der Waals surface area contributed by atoms with Gasteiger partial charge in [-0.3, -0.25) is 9.59 Å². The summed E-state index contributed by atoms with van der Waals surface area (Å²) in [4.78, 5) is 23.8. The monoisotopic (exact) mass is 706 g/mol. The van der Waals surface area contributed by atoms with E-state index in [-0.39, 0.29) is 0 Å². The number of anilines is 2. The number of rotatable bonds is 12. The zero-order valence-electron chi connectivity index (χ0n) is 31.2. The minimum atomic E-state index is -1.31. The molecule has 0 aliphatic carbocycles. The van der Waals surface area contributed by atoms with Crippen LogP contribution in [-0.4, -0.2) is 22.2 Å². The predicted molar refractivity (Wildman–Crippen MR) is 217 cm³/mol. The lowest BCUT2D eigenvalue weighted by molar-refractivity contribution is -0.147. The molecular formula is C47H50N2O4. The van der Waals surface area contributed by atoms with Crippen LogP contribution in [0.3, 0.4) is 0 Å². The van der Waals surface area contributed by atoms with Crippen LogP contribution in [0.15, 0.2) is 158 Å². The Labute approximate surface area is 314 Å². The zero-order valence-corrected chi connectivity index (χ0v) is 31.2. The van der Waals surface area contributed by atoms with Crippen molar-refractivity contribution >= 4 is 23.3 Å². The topological polar surface area (TPSA) is 81.1 Å². The van der Waals surface area contributed by atoms with Crippen molar-refractivity contribution in [3.8, 4) is 0 Å². The molecule has 0 heterocycles. The lowest BCUT2D eigenvalue weighted by Gasteiger charge is -2.27. The summed E-state index contributed by atoms with van der Waals surface area (Å²) in [6, 6.07) is 55.9. The normalized spacial score (nSPS) is 10.2. The number of carboxylic acid groups (broad SMARTS) is 2. The fraction of sp³-hybridized carbons (Fsp3) is 0.191. The first kappa shape index (κ1) is 39.6. The molecule has 0 unspecified atom stereocenters. The molecule has 6 aromatic carbocycles. The number of nitrogens with zero attached hydrogens (tertiary/aromatic N) is 2. The molecule has 0 aromatic heterocycles. The van der Waals surface area contributed by atoms with Crippen molar-refractivity contribution in [1.82, 2.24) is 0 Å². The Balaban J connectivity index is 0.000000201. The Bertz CT molecular complexity index is 1770. The van der Waals surface area contributed by atoms with Crippen LogP contribution in [0.2, 0.25) is 0 Å². The number of carboxylic acids is 2. The smallest absolute Gasteiger partial charge is 0.314 e. The van der Waals surface area contributed by atoms with E-state index in [2.05, 4.69) is 195 Å². The van der Waals surface area contributed by atoms with Gasteiger partial charge in [0, 0.05) is 37.6 Å². The number of carbonyl (C=O) groups is 2. The lowest BCUT2D eigenvalue weighted by atomic mass is 10.1. The fourth-order valence-electron chi connectivity index (χ4n) is 5.95. The number of hydrogen-bond acceptors (Lipinski definition) is 4. The predicted octanol–water partition coefficient (Wildman–Crippen LogP) is 10.6. The van der Waals surface area contributed by atoms with Gasteiger partial charge in [0.15, 0.2) is 0 Å². The number of aryl methyl sites for hydroxylation is 2. The van der Waals surface area contributed by atoms with Crippen molar-refractivity contribution in [2.24, 2.45) is 0 Å². The third-order valence-corrected chi connectivity index (χ3v) is 9.00. The van der Waals surface area contributed by atoms with Gasteiger partial charge in [-0.25, -0.2) is 0 Å². The molecule has 0 fully saturated rings. The van der Waals surface area contributed by atoms with Crippen molar-refractivity contribution in [3.05, 3.63) is 202 Å². The molecule has 0 radical (unpaired) electrons. The van der Waals surface area contributed by atoms with Crippen molar-refractivity contribution in [1.29, 1.82) is 0 Å². The van der Waals surface area contributed by atoms with Crippen LogP contribution in [0.25, 0.3) is 0 Å². The Morgan fingerprint density at radius 1 is 0.396 bits per heavy atom. The molecule has 6 aromatic rings. The van der Waals surface area contributed by atoms with Gasteiger partial charge >= 0.3 is 11.9 Å². The second-order valence-corrected chi connectivity index (χ2v) is 13.1. The molecule has 0 spiro atoms. The van der Waals surface area contributed by atoms with Crippen LogP contribution in [-0.2, 0) is 35.8 Å². The average molecular weight is 707 g/mol. The number of hydrogen-bond donors (Lipinski definition) is 2. The molecular weight excluding hydrogens is 657 g/mol.